The van der Waals surface area contributed by atoms with E-state index in [1.54, 1.807) is 0 Å². The number of aromatic nitrogens is 1. The van der Waals surface area contributed by atoms with Gasteiger partial charge >= 0.3 is 0 Å². The second kappa shape index (κ2) is 13.9. The molecule has 1 heteroatoms. The molecule has 0 amide bonds. The molecule has 0 atom stereocenters. The largest absolute Gasteiger partial charge is 0.364 e. The fraction of sp³-hybridized carbons (Fsp3) is 0.692. The van der Waals surface area contributed by atoms with Crippen molar-refractivity contribution in [2.75, 3.05) is 0 Å². The Morgan fingerprint density at radius 2 is 1.19 bits per heavy atom. The third kappa shape index (κ3) is 9.49. The first-order chi connectivity index (χ1) is 13.3. The molecule has 0 spiro atoms. The molecule has 0 radical (unpaired) electrons. The van der Waals surface area contributed by atoms with Gasteiger partial charge in [-0.3, -0.25) is 0 Å². The highest BCUT2D eigenvalue weighted by molar-refractivity contribution is 5.85. The van der Waals surface area contributed by atoms with E-state index in [9.17, 15) is 0 Å². The van der Waals surface area contributed by atoms with Crippen LogP contribution < -0.4 is 0 Å². The summed E-state index contributed by atoms with van der Waals surface area (Å²) in [6.45, 7) is 4.67. The third-order valence-corrected chi connectivity index (χ3v) is 5.90. The number of aromatic amines is 1. The molecule has 1 aromatic heterocycles. The van der Waals surface area contributed by atoms with E-state index in [0.29, 0.717) is 0 Å². The number of unbranched alkanes of at least 4 members (excludes halogenated alkanes) is 12. The molecule has 0 fully saturated rings. The van der Waals surface area contributed by atoms with E-state index in [1.807, 2.05) is 0 Å². The second-order valence-corrected chi connectivity index (χ2v) is 8.88. The SMILES string of the molecule is CC(C)CCCCCCCCCCCCCCCc1[nH]cc2ccccc12. The number of rotatable bonds is 16. The first-order valence-electron chi connectivity index (χ1n) is 11.8. The van der Waals surface area contributed by atoms with Crippen LogP contribution in [0, 0.1) is 5.92 Å². The molecule has 1 heterocycles. The van der Waals surface area contributed by atoms with Gasteiger partial charge < -0.3 is 4.98 Å². The zero-order valence-electron chi connectivity index (χ0n) is 18.1. The van der Waals surface area contributed by atoms with Gasteiger partial charge in [0.15, 0.2) is 0 Å². The highest BCUT2D eigenvalue weighted by atomic mass is 14.7. The average Bonchev–Trinajstić information content (AvgIpc) is 3.08. The van der Waals surface area contributed by atoms with E-state index in [2.05, 4.69) is 49.3 Å². The average molecular weight is 370 g/mol. The topological polar surface area (TPSA) is 15.8 Å². The molecule has 0 aliphatic carbocycles. The number of aryl methyl sites for hydroxylation is 1. The summed E-state index contributed by atoms with van der Waals surface area (Å²) in [5.74, 6) is 0.887. The van der Waals surface area contributed by atoms with Gasteiger partial charge in [0, 0.05) is 17.3 Å². The van der Waals surface area contributed by atoms with Crippen LogP contribution in [-0.4, -0.2) is 4.98 Å². The molecule has 1 N–H and O–H groups in total. The minimum atomic E-state index is 0.887. The van der Waals surface area contributed by atoms with Crippen molar-refractivity contribution in [1.29, 1.82) is 0 Å². The van der Waals surface area contributed by atoms with Gasteiger partial charge in [0.2, 0.25) is 0 Å². The van der Waals surface area contributed by atoms with Gasteiger partial charge in [-0.15, -0.1) is 0 Å². The van der Waals surface area contributed by atoms with Crippen LogP contribution in [0.5, 0.6) is 0 Å². The summed E-state index contributed by atoms with van der Waals surface area (Å²) in [5, 5.41) is 2.76. The monoisotopic (exact) mass is 369 g/mol. The van der Waals surface area contributed by atoms with Gasteiger partial charge in [-0.25, -0.2) is 0 Å². The highest BCUT2D eigenvalue weighted by Crippen LogP contribution is 2.20. The van der Waals surface area contributed by atoms with Crippen LogP contribution in [0.2, 0.25) is 0 Å². The molecule has 0 saturated heterocycles. The maximum atomic E-state index is 3.47. The molecule has 2 rings (SSSR count). The molecule has 2 aromatic rings. The number of hydrogen-bond acceptors (Lipinski definition) is 0. The Hall–Kier alpha value is -1.24. The smallest absolute Gasteiger partial charge is 0.0226 e. The van der Waals surface area contributed by atoms with Crippen molar-refractivity contribution in [3.8, 4) is 0 Å². The predicted molar refractivity (Wildman–Crippen MR) is 121 cm³/mol. The Bertz CT molecular complexity index is 595. The normalized spacial score (nSPS) is 11.7. The van der Waals surface area contributed by atoms with Crippen LogP contribution in [0.15, 0.2) is 30.5 Å². The van der Waals surface area contributed by atoms with Gasteiger partial charge in [0.25, 0.3) is 0 Å². The molecular formula is C26H43N. The Balaban J connectivity index is 1.34. The lowest BCUT2D eigenvalue weighted by Gasteiger charge is -2.05. The van der Waals surface area contributed by atoms with E-state index >= 15 is 0 Å². The Kier molecular flexibility index (Phi) is 11.3. The zero-order valence-corrected chi connectivity index (χ0v) is 18.1. The maximum absolute atomic E-state index is 3.47. The molecule has 0 aliphatic heterocycles. The van der Waals surface area contributed by atoms with Crippen molar-refractivity contribution in [2.24, 2.45) is 5.92 Å². The number of nitrogens with one attached hydrogen (secondary N) is 1. The molecule has 0 unspecified atom stereocenters. The van der Waals surface area contributed by atoms with Crippen LogP contribution in [0.1, 0.15) is 109 Å². The lowest BCUT2D eigenvalue weighted by atomic mass is 10.0. The van der Waals surface area contributed by atoms with Crippen molar-refractivity contribution in [2.45, 2.75) is 110 Å². The van der Waals surface area contributed by atoms with Gasteiger partial charge in [-0.05, 0) is 24.1 Å². The summed E-state index contributed by atoms with van der Waals surface area (Å²) in [5.41, 5.74) is 1.43. The number of H-pyrrole nitrogens is 1. The van der Waals surface area contributed by atoms with Gasteiger partial charge in [0.05, 0.1) is 0 Å². The molecule has 0 saturated carbocycles. The highest BCUT2D eigenvalue weighted by Gasteiger charge is 2.02. The van der Waals surface area contributed by atoms with Crippen LogP contribution in [0.4, 0.5) is 0 Å². The number of hydrogen-bond donors (Lipinski definition) is 1. The Morgan fingerprint density at radius 1 is 0.667 bits per heavy atom. The molecular weight excluding hydrogens is 326 g/mol. The quantitative estimate of drug-likeness (QED) is 0.284. The summed E-state index contributed by atoms with van der Waals surface area (Å²) in [6.07, 6.45) is 23.4. The van der Waals surface area contributed by atoms with Crippen LogP contribution in [0.25, 0.3) is 10.8 Å². The van der Waals surface area contributed by atoms with E-state index in [-0.39, 0.29) is 0 Å². The fourth-order valence-electron chi connectivity index (χ4n) is 4.15. The van der Waals surface area contributed by atoms with Crippen LogP contribution in [-0.2, 0) is 6.42 Å². The fourth-order valence-corrected chi connectivity index (χ4v) is 4.15. The minimum absolute atomic E-state index is 0.887. The van der Waals surface area contributed by atoms with Crippen LogP contribution in [0.3, 0.4) is 0 Å². The summed E-state index contributed by atoms with van der Waals surface area (Å²) < 4.78 is 0. The summed E-state index contributed by atoms with van der Waals surface area (Å²) >= 11 is 0. The van der Waals surface area contributed by atoms with Crippen molar-refractivity contribution < 1.29 is 0 Å². The van der Waals surface area contributed by atoms with E-state index in [4.69, 9.17) is 0 Å². The first-order valence-corrected chi connectivity index (χ1v) is 11.8. The lowest BCUT2D eigenvalue weighted by Crippen LogP contribution is -1.88. The Morgan fingerprint density at radius 3 is 1.78 bits per heavy atom. The van der Waals surface area contributed by atoms with Gasteiger partial charge in [-0.2, -0.15) is 0 Å². The molecule has 0 aliphatic rings. The molecule has 152 valence electrons. The Labute approximate surface area is 168 Å². The van der Waals surface area contributed by atoms with E-state index in [0.717, 1.165) is 5.92 Å². The first kappa shape index (κ1) is 22.1. The maximum Gasteiger partial charge on any atom is 0.0226 e. The molecule has 1 aromatic carbocycles. The van der Waals surface area contributed by atoms with Crippen molar-refractivity contribution in [1.82, 2.24) is 4.98 Å². The summed E-state index contributed by atoms with van der Waals surface area (Å²) in [4.78, 5) is 3.47. The van der Waals surface area contributed by atoms with Gasteiger partial charge in [0.1, 0.15) is 0 Å². The lowest BCUT2D eigenvalue weighted by molar-refractivity contribution is 0.502. The summed E-state index contributed by atoms with van der Waals surface area (Å²) in [7, 11) is 0. The van der Waals surface area contributed by atoms with E-state index < -0.39 is 0 Å². The molecule has 27 heavy (non-hydrogen) atoms. The van der Waals surface area contributed by atoms with Gasteiger partial charge in [-0.1, -0.05) is 122 Å². The summed E-state index contributed by atoms with van der Waals surface area (Å²) in [6, 6.07) is 8.70. The van der Waals surface area contributed by atoms with Crippen molar-refractivity contribution in [3.63, 3.8) is 0 Å². The number of benzene rings is 1. The van der Waals surface area contributed by atoms with Crippen molar-refractivity contribution in [3.05, 3.63) is 36.2 Å². The van der Waals surface area contributed by atoms with E-state index in [1.165, 1.54) is 113 Å². The minimum Gasteiger partial charge on any atom is -0.364 e. The zero-order chi connectivity index (χ0) is 19.2. The predicted octanol–water partition coefficient (Wildman–Crippen LogP) is 8.83. The molecule has 0 bridgehead atoms. The molecule has 1 nitrogen and oxygen atoms in total. The number of fused-ring (bicyclic) bond motifs is 1. The standard InChI is InChI=1S/C26H43N/c1-23(2)18-14-12-10-8-6-4-3-5-7-9-11-13-15-21-26-25-20-17-16-19-24(25)22-27-26/h16-17,19-20,22-23,27H,3-15,18,21H2,1-2H3. The van der Waals surface area contributed by atoms with Crippen molar-refractivity contribution >= 4 is 10.8 Å². The van der Waals surface area contributed by atoms with Crippen LogP contribution >= 0.6 is 0 Å². The second-order valence-electron chi connectivity index (χ2n) is 8.88. The third-order valence-electron chi connectivity index (χ3n) is 5.90.